The molecule has 2 fully saturated rings. The summed E-state index contributed by atoms with van der Waals surface area (Å²) in [5.74, 6) is -0.772. The van der Waals surface area contributed by atoms with Crippen molar-refractivity contribution in [3.05, 3.63) is 120 Å². The standard InChI is InChI=1S/C38H35N3O5/c42-36(40-21-20-39(26-18-19-26)33-16-8-9-17-34(33)40)35-22-27(46-37(43)25-10-2-1-3-11-25)23-41(35)38(44)45-24-32-30-14-6-4-12-28(30)29-13-5-7-15-31(29)32/h1-17,26-27,32,35H,18-24H2/t27-,35-/m0/s1. The minimum absolute atomic E-state index is 0.0787. The van der Waals surface area contributed by atoms with E-state index >= 15 is 0 Å². The number of hydrogen-bond donors (Lipinski definition) is 0. The molecule has 8 nitrogen and oxygen atoms in total. The maximum atomic E-state index is 14.4. The third-order valence-electron chi connectivity index (χ3n) is 9.70. The highest BCUT2D eigenvalue weighted by Crippen LogP contribution is 2.45. The van der Waals surface area contributed by atoms with Crippen molar-refractivity contribution in [2.75, 3.05) is 36.0 Å². The molecule has 2 aliphatic heterocycles. The number of para-hydroxylation sites is 2. The zero-order chi connectivity index (χ0) is 31.2. The first-order chi connectivity index (χ1) is 22.6. The van der Waals surface area contributed by atoms with Gasteiger partial charge in [0, 0.05) is 31.5 Å². The summed E-state index contributed by atoms with van der Waals surface area (Å²) in [6.07, 6.45) is 1.30. The number of amides is 2. The molecule has 0 bridgehead atoms. The number of anilines is 2. The normalized spacial score (nSPS) is 20.1. The number of carbonyl (C=O) groups is 3. The van der Waals surface area contributed by atoms with Crippen LogP contribution in [0.4, 0.5) is 16.2 Å². The van der Waals surface area contributed by atoms with E-state index in [1.165, 1.54) is 4.90 Å². The highest BCUT2D eigenvalue weighted by Gasteiger charge is 2.46. The predicted molar refractivity (Wildman–Crippen MR) is 175 cm³/mol. The largest absolute Gasteiger partial charge is 0.457 e. The molecule has 2 aliphatic carbocycles. The molecular formula is C38H35N3O5. The zero-order valence-corrected chi connectivity index (χ0v) is 25.5. The number of esters is 1. The average molecular weight is 614 g/mol. The Kier molecular flexibility index (Phi) is 7.20. The predicted octanol–water partition coefficient (Wildman–Crippen LogP) is 6.25. The molecule has 2 heterocycles. The molecule has 0 aromatic heterocycles. The van der Waals surface area contributed by atoms with Gasteiger partial charge in [-0.1, -0.05) is 78.9 Å². The molecule has 1 saturated carbocycles. The first-order valence-electron chi connectivity index (χ1n) is 16.1. The van der Waals surface area contributed by atoms with Crippen molar-refractivity contribution < 1.29 is 23.9 Å². The molecule has 2 amide bonds. The van der Waals surface area contributed by atoms with E-state index in [0.717, 1.165) is 53.0 Å². The van der Waals surface area contributed by atoms with Crippen LogP contribution in [-0.4, -0.2) is 67.3 Å². The zero-order valence-electron chi connectivity index (χ0n) is 25.5. The molecule has 0 spiro atoms. The number of carbonyl (C=O) groups excluding carboxylic acids is 3. The highest BCUT2D eigenvalue weighted by atomic mass is 16.6. The topological polar surface area (TPSA) is 79.4 Å². The Balaban J connectivity index is 1.05. The second kappa shape index (κ2) is 11.7. The molecule has 4 aromatic carbocycles. The van der Waals surface area contributed by atoms with Gasteiger partial charge in [-0.3, -0.25) is 9.69 Å². The van der Waals surface area contributed by atoms with Crippen molar-refractivity contribution in [1.82, 2.24) is 4.90 Å². The Labute approximate surface area is 268 Å². The number of rotatable bonds is 6. The quantitative estimate of drug-likeness (QED) is 0.239. The number of benzene rings is 4. The fourth-order valence-corrected chi connectivity index (χ4v) is 7.35. The molecule has 46 heavy (non-hydrogen) atoms. The van der Waals surface area contributed by atoms with Crippen molar-refractivity contribution in [3.63, 3.8) is 0 Å². The molecule has 0 unspecified atom stereocenters. The smallest absolute Gasteiger partial charge is 0.410 e. The van der Waals surface area contributed by atoms with Gasteiger partial charge in [-0.25, -0.2) is 9.59 Å². The van der Waals surface area contributed by atoms with Gasteiger partial charge in [0.25, 0.3) is 0 Å². The summed E-state index contributed by atoms with van der Waals surface area (Å²) in [6.45, 7) is 1.48. The number of ether oxygens (including phenoxy) is 2. The van der Waals surface area contributed by atoms with Crippen LogP contribution in [0.15, 0.2) is 103 Å². The summed E-state index contributed by atoms with van der Waals surface area (Å²) in [5.41, 5.74) is 6.84. The number of nitrogens with zero attached hydrogens (tertiary/aromatic N) is 3. The van der Waals surface area contributed by atoms with Gasteiger partial charge in [-0.15, -0.1) is 0 Å². The molecule has 2 atom stereocenters. The van der Waals surface area contributed by atoms with Crippen molar-refractivity contribution in [1.29, 1.82) is 0 Å². The van der Waals surface area contributed by atoms with Crippen LogP contribution in [0.1, 0.15) is 46.7 Å². The fraction of sp³-hybridized carbons (Fsp3) is 0.289. The summed E-state index contributed by atoms with van der Waals surface area (Å²) < 4.78 is 11.9. The average Bonchev–Trinajstić information content (AvgIpc) is 3.79. The van der Waals surface area contributed by atoms with E-state index in [-0.39, 0.29) is 31.4 Å². The second-order valence-corrected chi connectivity index (χ2v) is 12.5. The van der Waals surface area contributed by atoms with Crippen LogP contribution in [0.5, 0.6) is 0 Å². The van der Waals surface area contributed by atoms with E-state index in [2.05, 4.69) is 35.2 Å². The van der Waals surface area contributed by atoms with Crippen LogP contribution in [0.3, 0.4) is 0 Å². The van der Waals surface area contributed by atoms with Gasteiger partial charge in [0.05, 0.1) is 23.5 Å². The van der Waals surface area contributed by atoms with Crippen molar-refractivity contribution in [2.24, 2.45) is 0 Å². The minimum Gasteiger partial charge on any atom is -0.457 e. The molecule has 1 saturated heterocycles. The number of hydrogen-bond acceptors (Lipinski definition) is 6. The van der Waals surface area contributed by atoms with Crippen molar-refractivity contribution >= 4 is 29.3 Å². The summed E-state index contributed by atoms with van der Waals surface area (Å²) in [4.78, 5) is 46.9. The Morgan fingerprint density at radius 2 is 1.35 bits per heavy atom. The minimum atomic E-state index is -0.829. The van der Waals surface area contributed by atoms with Crippen LogP contribution in [-0.2, 0) is 14.3 Å². The van der Waals surface area contributed by atoms with E-state index in [1.54, 1.807) is 29.2 Å². The first kappa shape index (κ1) is 28.4. The lowest BCUT2D eigenvalue weighted by molar-refractivity contribution is -0.122. The Hall–Kier alpha value is -5.11. The van der Waals surface area contributed by atoms with Crippen LogP contribution in [0.2, 0.25) is 0 Å². The maximum absolute atomic E-state index is 14.4. The van der Waals surface area contributed by atoms with Crippen LogP contribution in [0, 0.1) is 0 Å². The lowest BCUT2D eigenvalue weighted by Crippen LogP contribution is -2.52. The van der Waals surface area contributed by atoms with Gasteiger partial charge < -0.3 is 19.3 Å². The summed E-state index contributed by atoms with van der Waals surface area (Å²) >= 11 is 0. The summed E-state index contributed by atoms with van der Waals surface area (Å²) in [7, 11) is 0. The van der Waals surface area contributed by atoms with Gasteiger partial charge in [-0.05, 0) is 59.4 Å². The van der Waals surface area contributed by atoms with Crippen molar-refractivity contribution in [3.8, 4) is 11.1 Å². The van der Waals surface area contributed by atoms with Gasteiger partial charge >= 0.3 is 12.1 Å². The molecule has 8 rings (SSSR count). The van der Waals surface area contributed by atoms with Gasteiger partial charge in [-0.2, -0.15) is 0 Å². The van der Waals surface area contributed by atoms with Gasteiger partial charge in [0.1, 0.15) is 18.8 Å². The Morgan fingerprint density at radius 3 is 2.04 bits per heavy atom. The van der Waals surface area contributed by atoms with Crippen LogP contribution >= 0.6 is 0 Å². The van der Waals surface area contributed by atoms with E-state index in [4.69, 9.17) is 9.47 Å². The number of likely N-dealkylation sites (tertiary alicyclic amines) is 1. The van der Waals surface area contributed by atoms with Crippen molar-refractivity contribution in [2.45, 2.75) is 43.4 Å². The molecule has 232 valence electrons. The third-order valence-corrected chi connectivity index (χ3v) is 9.70. The SMILES string of the molecule is O=C(O[C@H]1C[C@@H](C(=O)N2CCN(C3CC3)c3ccccc32)N(C(=O)OCC2c3ccccc3-c3ccccc32)C1)c1ccccc1. The summed E-state index contributed by atoms with van der Waals surface area (Å²) in [5, 5.41) is 0. The molecule has 0 N–H and O–H groups in total. The molecule has 0 radical (unpaired) electrons. The first-order valence-corrected chi connectivity index (χ1v) is 16.1. The monoisotopic (exact) mass is 613 g/mol. The number of fused-ring (bicyclic) bond motifs is 4. The molecule has 8 heteroatoms. The molecular weight excluding hydrogens is 578 g/mol. The van der Waals surface area contributed by atoms with Gasteiger partial charge in [0.15, 0.2) is 0 Å². The summed E-state index contributed by atoms with van der Waals surface area (Å²) in [6, 6.07) is 32.8. The van der Waals surface area contributed by atoms with Crippen LogP contribution < -0.4 is 9.80 Å². The maximum Gasteiger partial charge on any atom is 0.410 e. The van der Waals surface area contributed by atoms with E-state index in [1.807, 2.05) is 48.5 Å². The Bertz CT molecular complexity index is 1760. The lowest BCUT2D eigenvalue weighted by atomic mass is 9.98. The van der Waals surface area contributed by atoms with E-state index in [0.29, 0.717) is 18.2 Å². The van der Waals surface area contributed by atoms with Crippen LogP contribution in [0.25, 0.3) is 11.1 Å². The van der Waals surface area contributed by atoms with E-state index in [9.17, 15) is 14.4 Å². The molecule has 4 aliphatic rings. The fourth-order valence-electron chi connectivity index (χ4n) is 7.35. The lowest BCUT2D eigenvalue weighted by Gasteiger charge is -2.39. The Morgan fingerprint density at radius 1 is 0.717 bits per heavy atom. The molecule has 4 aromatic rings. The third kappa shape index (κ3) is 5.07. The second-order valence-electron chi connectivity index (χ2n) is 12.5. The highest BCUT2D eigenvalue weighted by molar-refractivity contribution is 6.02. The van der Waals surface area contributed by atoms with E-state index < -0.39 is 24.2 Å². The van der Waals surface area contributed by atoms with Gasteiger partial charge in [0.2, 0.25) is 5.91 Å².